The molecular formula is C16H15N3S. The van der Waals surface area contributed by atoms with Crippen LogP contribution in [0.1, 0.15) is 29.2 Å². The third-order valence-electron chi connectivity index (χ3n) is 3.84. The second-order valence-corrected chi connectivity index (χ2v) is 6.28. The van der Waals surface area contributed by atoms with Gasteiger partial charge in [-0.25, -0.2) is 0 Å². The molecule has 1 atom stereocenters. The second kappa shape index (κ2) is 4.94. The maximum absolute atomic E-state index is 4.34. The lowest BCUT2D eigenvalue weighted by molar-refractivity contribution is 0.671. The van der Waals surface area contributed by atoms with E-state index in [0.717, 1.165) is 10.8 Å². The molecule has 4 rings (SSSR count). The molecule has 3 aromatic rings. The number of hydrogen-bond donors (Lipinski definition) is 0. The lowest BCUT2D eigenvalue weighted by Crippen LogP contribution is -2.07. The van der Waals surface area contributed by atoms with Crippen LogP contribution in [0.5, 0.6) is 0 Å². The summed E-state index contributed by atoms with van der Waals surface area (Å²) in [5.74, 6) is 0. The standard InChI is InChI=1S/C16H15N3S/c1-2-8-13-12(6-1)7-5-9-14(13)20-16-18-17-15-10-3-4-11-19(15)16/h1-4,6,8,10-11,14H,5,7,9H2/t14-/m1/s1. The highest BCUT2D eigenvalue weighted by atomic mass is 32.2. The SMILES string of the molecule is c1ccc2c(c1)CCC[C@H]2Sc1nnc2ccccn12. The Labute approximate surface area is 122 Å². The number of fused-ring (bicyclic) bond motifs is 2. The van der Waals surface area contributed by atoms with E-state index in [4.69, 9.17) is 0 Å². The molecular weight excluding hydrogens is 266 g/mol. The molecule has 0 saturated heterocycles. The third kappa shape index (κ3) is 2.00. The van der Waals surface area contributed by atoms with Crippen LogP contribution in [-0.4, -0.2) is 14.6 Å². The smallest absolute Gasteiger partial charge is 0.196 e. The largest absolute Gasteiger partial charge is 0.277 e. The van der Waals surface area contributed by atoms with Crippen molar-refractivity contribution in [2.24, 2.45) is 0 Å². The van der Waals surface area contributed by atoms with E-state index >= 15 is 0 Å². The van der Waals surface area contributed by atoms with Crippen molar-refractivity contribution >= 4 is 17.4 Å². The Morgan fingerprint density at radius 3 is 2.95 bits per heavy atom. The molecule has 1 aromatic carbocycles. The zero-order valence-electron chi connectivity index (χ0n) is 11.1. The van der Waals surface area contributed by atoms with Crippen molar-refractivity contribution in [3.8, 4) is 0 Å². The van der Waals surface area contributed by atoms with Gasteiger partial charge in [0, 0.05) is 11.4 Å². The van der Waals surface area contributed by atoms with E-state index in [9.17, 15) is 0 Å². The van der Waals surface area contributed by atoms with Crippen LogP contribution in [-0.2, 0) is 6.42 Å². The van der Waals surface area contributed by atoms with Crippen molar-refractivity contribution in [1.29, 1.82) is 0 Å². The molecule has 2 heterocycles. The zero-order chi connectivity index (χ0) is 13.4. The highest BCUT2D eigenvalue weighted by Gasteiger charge is 2.22. The van der Waals surface area contributed by atoms with Gasteiger partial charge < -0.3 is 0 Å². The van der Waals surface area contributed by atoms with Crippen LogP contribution >= 0.6 is 11.8 Å². The van der Waals surface area contributed by atoms with E-state index in [1.165, 1.54) is 30.4 Å². The monoisotopic (exact) mass is 281 g/mol. The Kier molecular flexibility index (Phi) is 2.96. The summed E-state index contributed by atoms with van der Waals surface area (Å²) >= 11 is 1.83. The molecule has 20 heavy (non-hydrogen) atoms. The van der Waals surface area contributed by atoms with Crippen LogP contribution in [0, 0.1) is 0 Å². The molecule has 100 valence electrons. The molecule has 0 spiro atoms. The van der Waals surface area contributed by atoms with Gasteiger partial charge in [0.15, 0.2) is 10.8 Å². The number of pyridine rings is 1. The number of rotatable bonds is 2. The molecule has 0 radical (unpaired) electrons. The van der Waals surface area contributed by atoms with Crippen LogP contribution in [0.25, 0.3) is 5.65 Å². The summed E-state index contributed by atoms with van der Waals surface area (Å²) < 4.78 is 2.07. The summed E-state index contributed by atoms with van der Waals surface area (Å²) in [4.78, 5) is 0. The van der Waals surface area contributed by atoms with Gasteiger partial charge in [-0.1, -0.05) is 42.1 Å². The fourth-order valence-corrected chi connectivity index (χ4v) is 4.11. The summed E-state index contributed by atoms with van der Waals surface area (Å²) in [5.41, 5.74) is 3.88. The van der Waals surface area contributed by atoms with E-state index in [0.29, 0.717) is 5.25 Å². The first-order chi connectivity index (χ1) is 9.92. The highest BCUT2D eigenvalue weighted by molar-refractivity contribution is 7.99. The van der Waals surface area contributed by atoms with Gasteiger partial charge in [-0.3, -0.25) is 4.40 Å². The predicted molar refractivity (Wildman–Crippen MR) is 81.0 cm³/mol. The van der Waals surface area contributed by atoms with Gasteiger partial charge in [0.2, 0.25) is 0 Å². The average molecular weight is 281 g/mol. The van der Waals surface area contributed by atoms with Gasteiger partial charge in [-0.05, 0) is 42.5 Å². The summed E-state index contributed by atoms with van der Waals surface area (Å²) in [6, 6.07) is 14.8. The molecule has 4 heteroatoms. The molecule has 0 aliphatic heterocycles. The molecule has 1 aliphatic rings. The molecule has 3 nitrogen and oxygen atoms in total. The fraction of sp³-hybridized carbons (Fsp3) is 0.250. The lowest BCUT2D eigenvalue weighted by atomic mass is 9.91. The third-order valence-corrected chi connectivity index (χ3v) is 5.11. The topological polar surface area (TPSA) is 30.2 Å². The lowest BCUT2D eigenvalue weighted by Gasteiger charge is -2.24. The summed E-state index contributed by atoms with van der Waals surface area (Å²) in [7, 11) is 0. The fourth-order valence-electron chi connectivity index (χ4n) is 2.86. The molecule has 0 fully saturated rings. The van der Waals surface area contributed by atoms with Gasteiger partial charge in [-0.15, -0.1) is 10.2 Å². The van der Waals surface area contributed by atoms with Crippen LogP contribution in [0.3, 0.4) is 0 Å². The van der Waals surface area contributed by atoms with Crippen molar-refractivity contribution in [3.05, 3.63) is 59.8 Å². The molecule has 1 aliphatic carbocycles. The molecule has 2 aromatic heterocycles. The number of aromatic nitrogens is 3. The Morgan fingerprint density at radius 1 is 1.05 bits per heavy atom. The van der Waals surface area contributed by atoms with E-state index in [1.807, 2.05) is 36.2 Å². The van der Waals surface area contributed by atoms with Crippen molar-refractivity contribution < 1.29 is 0 Å². The van der Waals surface area contributed by atoms with E-state index < -0.39 is 0 Å². The molecule has 0 N–H and O–H groups in total. The Bertz CT molecular complexity index is 750. The highest BCUT2D eigenvalue weighted by Crippen LogP contribution is 2.42. The first-order valence-electron chi connectivity index (χ1n) is 6.96. The Hall–Kier alpha value is -1.81. The van der Waals surface area contributed by atoms with Crippen LogP contribution in [0.2, 0.25) is 0 Å². The van der Waals surface area contributed by atoms with Gasteiger partial charge in [0.25, 0.3) is 0 Å². The van der Waals surface area contributed by atoms with E-state index in [1.54, 1.807) is 0 Å². The minimum absolute atomic E-state index is 0.493. The number of aryl methyl sites for hydroxylation is 1. The van der Waals surface area contributed by atoms with E-state index in [2.05, 4.69) is 38.9 Å². The van der Waals surface area contributed by atoms with Gasteiger partial charge in [-0.2, -0.15) is 0 Å². The van der Waals surface area contributed by atoms with Gasteiger partial charge in [0.1, 0.15) is 0 Å². The van der Waals surface area contributed by atoms with Crippen LogP contribution in [0.15, 0.2) is 53.8 Å². The number of hydrogen-bond acceptors (Lipinski definition) is 3. The first kappa shape index (κ1) is 12.0. The van der Waals surface area contributed by atoms with Crippen molar-refractivity contribution in [2.75, 3.05) is 0 Å². The minimum Gasteiger partial charge on any atom is -0.277 e. The minimum atomic E-state index is 0.493. The summed E-state index contributed by atoms with van der Waals surface area (Å²) in [6.07, 6.45) is 5.70. The van der Waals surface area contributed by atoms with Crippen molar-refractivity contribution in [3.63, 3.8) is 0 Å². The van der Waals surface area contributed by atoms with Crippen molar-refractivity contribution in [1.82, 2.24) is 14.6 Å². The summed E-state index contributed by atoms with van der Waals surface area (Å²) in [6.45, 7) is 0. The normalized spacial score (nSPS) is 18.1. The van der Waals surface area contributed by atoms with Gasteiger partial charge in [0.05, 0.1) is 0 Å². The molecule has 0 bridgehead atoms. The van der Waals surface area contributed by atoms with Crippen LogP contribution in [0.4, 0.5) is 0 Å². The number of benzene rings is 1. The maximum Gasteiger partial charge on any atom is 0.196 e. The van der Waals surface area contributed by atoms with E-state index in [-0.39, 0.29) is 0 Å². The van der Waals surface area contributed by atoms with Crippen LogP contribution < -0.4 is 0 Å². The maximum atomic E-state index is 4.34. The second-order valence-electron chi connectivity index (χ2n) is 5.11. The molecule has 0 saturated carbocycles. The summed E-state index contributed by atoms with van der Waals surface area (Å²) in [5, 5.41) is 10.1. The Morgan fingerprint density at radius 2 is 1.95 bits per heavy atom. The van der Waals surface area contributed by atoms with Gasteiger partial charge >= 0.3 is 0 Å². The molecule has 0 amide bonds. The Balaban J connectivity index is 1.70. The van der Waals surface area contributed by atoms with Crippen molar-refractivity contribution in [2.45, 2.75) is 29.7 Å². The first-order valence-corrected chi connectivity index (χ1v) is 7.84. The number of nitrogens with zero attached hydrogens (tertiary/aromatic N) is 3. The average Bonchev–Trinajstić information content (AvgIpc) is 2.91. The number of thioether (sulfide) groups is 1. The predicted octanol–water partition coefficient (Wildman–Crippen LogP) is 3.90. The molecule has 0 unspecified atom stereocenters. The zero-order valence-corrected chi connectivity index (χ0v) is 11.9. The quantitative estimate of drug-likeness (QED) is 0.713.